The number of rotatable bonds is 8. The summed E-state index contributed by atoms with van der Waals surface area (Å²) in [6, 6.07) is -1.66. The Morgan fingerprint density at radius 3 is 2.34 bits per heavy atom. The van der Waals surface area contributed by atoms with Crippen molar-refractivity contribution in [3.63, 3.8) is 0 Å². The molecule has 0 aromatic carbocycles. The molecule has 44 heavy (non-hydrogen) atoms. The number of carbonyl (C=O) groups excluding carboxylic acids is 4. The number of aromatic nitrogens is 1. The van der Waals surface area contributed by atoms with Gasteiger partial charge in [0.2, 0.25) is 11.8 Å². The van der Waals surface area contributed by atoms with Gasteiger partial charge in [0.15, 0.2) is 5.13 Å². The van der Waals surface area contributed by atoms with Crippen LogP contribution in [0.5, 0.6) is 0 Å². The van der Waals surface area contributed by atoms with Crippen LogP contribution in [0.2, 0.25) is 0 Å². The Morgan fingerprint density at radius 2 is 1.68 bits per heavy atom. The lowest BCUT2D eigenvalue weighted by Crippen LogP contribution is -2.57. The molecule has 11 nitrogen and oxygen atoms in total. The molecule has 246 valence electrons. The number of likely N-dealkylation sites (tertiary alicyclic amines) is 1. The molecule has 1 aromatic heterocycles. The second kappa shape index (κ2) is 14.0. The number of amides is 3. The van der Waals surface area contributed by atoms with Crippen LogP contribution in [0.1, 0.15) is 110 Å². The second-order valence-corrected chi connectivity index (χ2v) is 15.6. The number of fused-ring (bicyclic) bond motifs is 1. The number of ether oxygens (including phenoxy) is 2. The Bertz CT molecular complexity index is 1200. The van der Waals surface area contributed by atoms with Crippen LogP contribution in [0.25, 0.3) is 0 Å². The van der Waals surface area contributed by atoms with Gasteiger partial charge in [0.25, 0.3) is 0 Å². The topological polar surface area (TPSA) is 144 Å². The molecule has 3 amide bonds. The summed E-state index contributed by atoms with van der Waals surface area (Å²) in [5.74, 6) is -0.890. The van der Waals surface area contributed by atoms with Gasteiger partial charge in [-0.15, -0.1) is 11.3 Å². The van der Waals surface area contributed by atoms with E-state index in [0.717, 1.165) is 55.5 Å². The van der Waals surface area contributed by atoms with E-state index in [0.29, 0.717) is 37.4 Å². The molecule has 1 saturated heterocycles. The highest BCUT2D eigenvalue weighted by Crippen LogP contribution is 2.32. The quantitative estimate of drug-likeness (QED) is 0.395. The van der Waals surface area contributed by atoms with Crippen LogP contribution < -0.4 is 11.1 Å². The molecule has 3 aliphatic rings. The van der Waals surface area contributed by atoms with Crippen molar-refractivity contribution in [3.8, 4) is 0 Å². The molecule has 1 unspecified atom stereocenters. The SMILES string of the molecule is CC(C)(C)OC(=O)CN(C(=O)OC(C)(C)C)[C@H](CC1CCCCC1)C(=O)N1CCC[C@H]1C(=O)NC1CCc2nc(N)sc2C1. The van der Waals surface area contributed by atoms with Gasteiger partial charge in [-0.2, -0.15) is 0 Å². The number of nitrogens with two attached hydrogens (primary N) is 1. The zero-order chi connectivity index (χ0) is 32.2. The second-order valence-electron chi connectivity index (χ2n) is 14.5. The molecule has 4 rings (SSSR count). The standard InChI is InChI=1S/C32H51N5O6S/c1-31(2,3)42-26(38)19-37(30(41)43-32(4,5)6)24(17-20-11-8-7-9-12-20)28(40)36-16-10-13-23(36)27(39)34-21-14-15-22-25(18-21)44-29(33)35-22/h20-21,23-24H,7-19H2,1-6H3,(H2,33,35)(H,34,39)/t21?,23-,24+/m0/s1. The first-order chi connectivity index (χ1) is 20.6. The molecule has 3 N–H and O–H groups in total. The minimum Gasteiger partial charge on any atom is -0.459 e. The Kier molecular flexibility index (Phi) is 10.8. The van der Waals surface area contributed by atoms with Crippen LogP contribution in [0.4, 0.5) is 9.93 Å². The van der Waals surface area contributed by atoms with Crippen molar-refractivity contribution in [2.24, 2.45) is 5.92 Å². The average molecular weight is 634 g/mol. The Labute approximate surface area is 265 Å². The summed E-state index contributed by atoms with van der Waals surface area (Å²) < 4.78 is 11.3. The number of hydrogen-bond donors (Lipinski definition) is 2. The molecule has 2 aliphatic carbocycles. The van der Waals surface area contributed by atoms with Crippen LogP contribution >= 0.6 is 11.3 Å². The van der Waals surface area contributed by atoms with E-state index in [2.05, 4.69) is 10.3 Å². The third-order valence-corrected chi connectivity index (χ3v) is 9.38. The number of carbonyl (C=O) groups is 4. The van der Waals surface area contributed by atoms with Crippen LogP contribution in [0.3, 0.4) is 0 Å². The van der Waals surface area contributed by atoms with Gasteiger partial charge in [0.05, 0.1) is 5.69 Å². The van der Waals surface area contributed by atoms with E-state index < -0.39 is 41.9 Å². The highest BCUT2D eigenvalue weighted by atomic mass is 32.1. The highest BCUT2D eigenvalue weighted by Gasteiger charge is 2.43. The van der Waals surface area contributed by atoms with Gasteiger partial charge in [0, 0.05) is 23.9 Å². The first-order valence-corrected chi connectivity index (χ1v) is 17.0. The predicted molar refractivity (Wildman–Crippen MR) is 169 cm³/mol. The summed E-state index contributed by atoms with van der Waals surface area (Å²) in [5.41, 5.74) is 5.31. The molecule has 0 bridgehead atoms. The number of thiazole rings is 1. The van der Waals surface area contributed by atoms with Crippen LogP contribution in [-0.2, 0) is 36.7 Å². The number of anilines is 1. The van der Waals surface area contributed by atoms with E-state index in [-0.39, 0.29) is 23.8 Å². The Balaban J connectivity index is 1.56. The van der Waals surface area contributed by atoms with E-state index in [1.807, 2.05) is 0 Å². The maximum Gasteiger partial charge on any atom is 0.411 e. The molecular weight excluding hydrogens is 582 g/mol. The molecule has 1 aromatic rings. The number of nitrogen functional groups attached to an aromatic ring is 1. The van der Waals surface area contributed by atoms with Crippen molar-refractivity contribution < 1.29 is 28.7 Å². The van der Waals surface area contributed by atoms with E-state index >= 15 is 0 Å². The van der Waals surface area contributed by atoms with Crippen molar-refractivity contribution in [2.75, 3.05) is 18.8 Å². The molecule has 0 radical (unpaired) electrons. The lowest BCUT2D eigenvalue weighted by Gasteiger charge is -2.38. The highest BCUT2D eigenvalue weighted by molar-refractivity contribution is 7.15. The van der Waals surface area contributed by atoms with Crippen molar-refractivity contribution in [3.05, 3.63) is 10.6 Å². The molecule has 3 atom stereocenters. The van der Waals surface area contributed by atoms with Gasteiger partial charge in [-0.25, -0.2) is 9.78 Å². The average Bonchev–Trinajstić information content (AvgIpc) is 3.55. The zero-order valence-corrected chi connectivity index (χ0v) is 28.1. The summed E-state index contributed by atoms with van der Waals surface area (Å²) in [5, 5.41) is 3.72. The molecule has 2 fully saturated rings. The zero-order valence-electron chi connectivity index (χ0n) is 27.3. The summed E-state index contributed by atoms with van der Waals surface area (Å²) in [7, 11) is 0. The lowest BCUT2D eigenvalue weighted by atomic mass is 9.84. The monoisotopic (exact) mass is 633 g/mol. The fourth-order valence-corrected chi connectivity index (χ4v) is 7.50. The van der Waals surface area contributed by atoms with Gasteiger partial charge >= 0.3 is 12.1 Å². The normalized spacial score (nSPS) is 21.7. The lowest BCUT2D eigenvalue weighted by molar-refractivity contribution is -0.158. The van der Waals surface area contributed by atoms with E-state index in [4.69, 9.17) is 15.2 Å². The molecule has 2 heterocycles. The summed E-state index contributed by atoms with van der Waals surface area (Å²) in [6.45, 7) is 10.5. The van der Waals surface area contributed by atoms with Crippen molar-refractivity contribution in [1.29, 1.82) is 0 Å². The molecular formula is C32H51N5O6S. The van der Waals surface area contributed by atoms with E-state index in [9.17, 15) is 19.2 Å². The van der Waals surface area contributed by atoms with Crippen molar-refractivity contribution >= 4 is 40.3 Å². The Morgan fingerprint density at radius 1 is 1.00 bits per heavy atom. The summed E-state index contributed by atoms with van der Waals surface area (Å²) in [4.78, 5) is 63.3. The molecule has 0 spiro atoms. The molecule has 1 aliphatic heterocycles. The van der Waals surface area contributed by atoms with Gasteiger partial charge < -0.3 is 25.4 Å². The fourth-order valence-electron chi connectivity index (χ4n) is 6.55. The van der Waals surface area contributed by atoms with Gasteiger partial charge in [0.1, 0.15) is 29.8 Å². The molecule has 12 heteroatoms. The van der Waals surface area contributed by atoms with Crippen LogP contribution in [0.15, 0.2) is 0 Å². The summed E-state index contributed by atoms with van der Waals surface area (Å²) >= 11 is 1.46. The minimum atomic E-state index is -0.953. The number of hydrogen-bond acceptors (Lipinski definition) is 9. The van der Waals surface area contributed by atoms with Crippen LogP contribution in [-0.4, -0.2) is 81.1 Å². The van der Waals surface area contributed by atoms with Crippen molar-refractivity contribution in [2.45, 2.75) is 141 Å². The van der Waals surface area contributed by atoms with Gasteiger partial charge in [-0.05, 0) is 79.6 Å². The number of nitrogens with one attached hydrogen (secondary N) is 1. The number of nitrogens with zero attached hydrogens (tertiary/aromatic N) is 3. The third-order valence-electron chi connectivity index (χ3n) is 8.43. The maximum absolute atomic E-state index is 14.5. The largest absolute Gasteiger partial charge is 0.459 e. The Hall–Kier alpha value is -2.89. The third kappa shape index (κ3) is 9.31. The first kappa shape index (κ1) is 34.0. The van der Waals surface area contributed by atoms with Crippen molar-refractivity contribution in [1.82, 2.24) is 20.1 Å². The van der Waals surface area contributed by atoms with E-state index in [1.165, 1.54) is 16.2 Å². The maximum atomic E-state index is 14.5. The number of aryl methyl sites for hydroxylation is 1. The van der Waals surface area contributed by atoms with Gasteiger partial charge in [-0.1, -0.05) is 32.1 Å². The summed E-state index contributed by atoms with van der Waals surface area (Å²) in [6.07, 6.45) is 8.25. The first-order valence-electron chi connectivity index (χ1n) is 16.2. The minimum absolute atomic E-state index is 0.0594. The fraction of sp³-hybridized carbons (Fsp3) is 0.781. The van der Waals surface area contributed by atoms with Gasteiger partial charge in [-0.3, -0.25) is 19.3 Å². The smallest absolute Gasteiger partial charge is 0.411 e. The van der Waals surface area contributed by atoms with E-state index in [1.54, 1.807) is 46.4 Å². The predicted octanol–water partition coefficient (Wildman–Crippen LogP) is 4.61. The van der Waals surface area contributed by atoms with Crippen LogP contribution in [0, 0.1) is 5.92 Å². The molecule has 1 saturated carbocycles. The number of esters is 1.